The molecule has 0 amide bonds. The molecule has 0 fully saturated rings. The molecule has 2 aliphatic rings. The summed E-state index contributed by atoms with van der Waals surface area (Å²) >= 11 is 3.92. The summed E-state index contributed by atoms with van der Waals surface area (Å²) in [6.45, 7) is 6.88. The van der Waals surface area contributed by atoms with E-state index >= 15 is 0 Å². The van der Waals surface area contributed by atoms with E-state index in [2.05, 4.69) is 118 Å². The SMILES string of the molecule is Cc1cccc(C)c1-c1ccc2c(c1)/C(=C1\c3c(ccc4ccccc34)SCC1C)c1ccccc1S2. The molecule has 2 heteroatoms. The third kappa shape index (κ3) is 3.69. The van der Waals surface area contributed by atoms with Gasteiger partial charge < -0.3 is 0 Å². The molecule has 5 aromatic carbocycles. The third-order valence-electron chi connectivity index (χ3n) is 7.81. The largest absolute Gasteiger partial charge is 0.125 e. The lowest BCUT2D eigenvalue weighted by Crippen LogP contribution is -2.14. The van der Waals surface area contributed by atoms with Gasteiger partial charge in [-0.15, -0.1) is 11.8 Å². The highest BCUT2D eigenvalue weighted by Gasteiger charge is 2.31. The molecule has 180 valence electrons. The maximum Gasteiger partial charge on any atom is 0.0201 e. The summed E-state index contributed by atoms with van der Waals surface area (Å²) in [6, 6.07) is 36.3. The Bertz CT molecular complexity index is 1720. The van der Waals surface area contributed by atoms with E-state index < -0.39 is 0 Å². The molecule has 0 saturated heterocycles. The van der Waals surface area contributed by atoms with Gasteiger partial charge in [0.05, 0.1) is 0 Å². The highest BCUT2D eigenvalue weighted by atomic mass is 32.2. The van der Waals surface area contributed by atoms with E-state index in [1.807, 2.05) is 23.5 Å². The minimum atomic E-state index is 0.450. The van der Waals surface area contributed by atoms with Crippen LogP contribution in [0.1, 0.15) is 34.7 Å². The van der Waals surface area contributed by atoms with Crippen LogP contribution < -0.4 is 0 Å². The maximum absolute atomic E-state index is 2.47. The molecule has 0 bridgehead atoms. The van der Waals surface area contributed by atoms with Crippen molar-refractivity contribution >= 4 is 45.4 Å². The topological polar surface area (TPSA) is 0 Å². The predicted octanol–water partition coefficient (Wildman–Crippen LogP) is 10.3. The van der Waals surface area contributed by atoms with Gasteiger partial charge in [0, 0.05) is 20.4 Å². The van der Waals surface area contributed by atoms with Gasteiger partial charge >= 0.3 is 0 Å². The van der Waals surface area contributed by atoms with Crippen LogP contribution in [0.15, 0.2) is 112 Å². The van der Waals surface area contributed by atoms with Crippen LogP contribution in [0.3, 0.4) is 0 Å². The molecule has 0 N–H and O–H groups in total. The van der Waals surface area contributed by atoms with Crippen molar-refractivity contribution in [1.29, 1.82) is 0 Å². The Balaban J connectivity index is 1.59. The van der Waals surface area contributed by atoms with Gasteiger partial charge in [-0.2, -0.15) is 0 Å². The monoisotopic (exact) mass is 512 g/mol. The average Bonchev–Trinajstić information content (AvgIpc) is 2.92. The molecule has 1 atom stereocenters. The van der Waals surface area contributed by atoms with Gasteiger partial charge in [-0.1, -0.05) is 91.5 Å². The predicted molar refractivity (Wildman–Crippen MR) is 162 cm³/mol. The first-order valence-electron chi connectivity index (χ1n) is 13.0. The van der Waals surface area contributed by atoms with Gasteiger partial charge in [0.1, 0.15) is 0 Å². The second-order valence-electron chi connectivity index (χ2n) is 10.2. The minimum Gasteiger partial charge on any atom is -0.125 e. The number of hydrogen-bond acceptors (Lipinski definition) is 2. The summed E-state index contributed by atoms with van der Waals surface area (Å²) in [4.78, 5) is 4.11. The Hall–Kier alpha value is -3.20. The fourth-order valence-electron chi connectivity index (χ4n) is 6.12. The Morgan fingerprint density at radius 2 is 1.38 bits per heavy atom. The molecule has 0 radical (unpaired) electrons. The Morgan fingerprint density at radius 3 is 2.24 bits per heavy atom. The molecular formula is C35H28S2. The van der Waals surface area contributed by atoms with Crippen molar-refractivity contribution in [3.05, 3.63) is 125 Å². The molecule has 7 rings (SSSR count). The molecular weight excluding hydrogens is 485 g/mol. The third-order valence-corrected chi connectivity index (χ3v) is 10.3. The van der Waals surface area contributed by atoms with Gasteiger partial charge in [-0.25, -0.2) is 0 Å². The molecule has 0 spiro atoms. The number of hydrogen-bond donors (Lipinski definition) is 0. The summed E-state index contributed by atoms with van der Waals surface area (Å²) in [7, 11) is 0. The van der Waals surface area contributed by atoms with E-state index in [1.165, 1.54) is 75.5 Å². The van der Waals surface area contributed by atoms with Crippen LogP contribution in [0, 0.1) is 19.8 Å². The zero-order chi connectivity index (χ0) is 25.1. The van der Waals surface area contributed by atoms with Crippen molar-refractivity contribution in [3.8, 4) is 11.1 Å². The first-order chi connectivity index (χ1) is 18.1. The van der Waals surface area contributed by atoms with Crippen LogP contribution in [0.2, 0.25) is 0 Å². The number of rotatable bonds is 1. The summed E-state index contributed by atoms with van der Waals surface area (Å²) in [5.74, 6) is 1.55. The van der Waals surface area contributed by atoms with Crippen molar-refractivity contribution in [3.63, 3.8) is 0 Å². The molecule has 0 saturated carbocycles. The Labute approximate surface area is 227 Å². The summed E-state index contributed by atoms with van der Waals surface area (Å²) in [5, 5.41) is 2.68. The van der Waals surface area contributed by atoms with E-state index in [1.54, 1.807) is 0 Å². The molecule has 37 heavy (non-hydrogen) atoms. The van der Waals surface area contributed by atoms with Gasteiger partial charge in [-0.05, 0) is 105 Å². The zero-order valence-corrected chi connectivity index (χ0v) is 23.0. The van der Waals surface area contributed by atoms with Crippen LogP contribution >= 0.6 is 23.5 Å². The second-order valence-corrected chi connectivity index (χ2v) is 12.4. The van der Waals surface area contributed by atoms with E-state index in [9.17, 15) is 0 Å². The van der Waals surface area contributed by atoms with Crippen molar-refractivity contribution < 1.29 is 0 Å². The molecule has 1 unspecified atom stereocenters. The van der Waals surface area contributed by atoms with Crippen molar-refractivity contribution in [2.75, 3.05) is 5.75 Å². The normalized spacial score (nSPS) is 18.3. The van der Waals surface area contributed by atoms with Crippen molar-refractivity contribution in [1.82, 2.24) is 0 Å². The van der Waals surface area contributed by atoms with E-state index in [-0.39, 0.29) is 0 Å². The molecule has 0 aliphatic carbocycles. The lowest BCUT2D eigenvalue weighted by molar-refractivity contribution is 0.858. The number of thioether (sulfide) groups is 1. The van der Waals surface area contributed by atoms with Gasteiger partial charge in [0.2, 0.25) is 0 Å². The van der Waals surface area contributed by atoms with Crippen molar-refractivity contribution in [2.24, 2.45) is 5.92 Å². The van der Waals surface area contributed by atoms with Crippen LogP contribution in [0.5, 0.6) is 0 Å². The maximum atomic E-state index is 2.47. The van der Waals surface area contributed by atoms with Gasteiger partial charge in [0.15, 0.2) is 0 Å². The molecule has 5 aromatic rings. The Kier molecular flexibility index (Phi) is 5.57. The van der Waals surface area contributed by atoms with Crippen LogP contribution in [-0.4, -0.2) is 5.75 Å². The standard InChI is InChI=1S/C35H28S2/c1-21-9-8-10-22(2)32(21)25-16-17-30-28(19-25)34(27-13-6-7-14-29(27)37-30)33-23(3)20-36-31-18-15-24-11-4-5-12-26(24)35(31)33/h4-19,23H,20H2,1-3H3/b34-33-. The molecule has 2 aliphatic heterocycles. The fraction of sp³-hybridized carbons (Fsp3) is 0.143. The molecule has 0 nitrogen and oxygen atoms in total. The van der Waals surface area contributed by atoms with Crippen molar-refractivity contribution in [2.45, 2.75) is 35.5 Å². The summed E-state index contributed by atoms with van der Waals surface area (Å²) in [6.07, 6.45) is 0. The lowest BCUT2D eigenvalue weighted by atomic mass is 9.81. The van der Waals surface area contributed by atoms with Crippen LogP contribution in [0.4, 0.5) is 0 Å². The minimum absolute atomic E-state index is 0.450. The quantitative estimate of drug-likeness (QED) is 0.215. The highest BCUT2D eigenvalue weighted by Crippen LogP contribution is 2.54. The number of aryl methyl sites for hydroxylation is 2. The first kappa shape index (κ1) is 23.0. The van der Waals surface area contributed by atoms with E-state index in [0.717, 1.165) is 5.75 Å². The lowest BCUT2D eigenvalue weighted by Gasteiger charge is -2.32. The van der Waals surface area contributed by atoms with Crippen LogP contribution in [-0.2, 0) is 0 Å². The summed E-state index contributed by atoms with van der Waals surface area (Å²) in [5.41, 5.74) is 12.4. The van der Waals surface area contributed by atoms with Gasteiger partial charge in [-0.3, -0.25) is 0 Å². The summed E-state index contributed by atoms with van der Waals surface area (Å²) < 4.78 is 0. The molecule has 0 aromatic heterocycles. The number of fused-ring (bicyclic) bond motifs is 5. The second kappa shape index (κ2) is 8.97. The van der Waals surface area contributed by atoms with E-state index in [0.29, 0.717) is 5.92 Å². The fourth-order valence-corrected chi connectivity index (χ4v) is 8.32. The first-order valence-corrected chi connectivity index (χ1v) is 14.8. The number of benzene rings is 5. The smallest absolute Gasteiger partial charge is 0.0201 e. The van der Waals surface area contributed by atoms with Gasteiger partial charge in [0.25, 0.3) is 0 Å². The molecule has 2 heterocycles. The average molecular weight is 513 g/mol. The van der Waals surface area contributed by atoms with E-state index in [4.69, 9.17) is 0 Å². The zero-order valence-electron chi connectivity index (χ0n) is 21.3. The van der Waals surface area contributed by atoms with Crippen LogP contribution in [0.25, 0.3) is 33.0 Å². The Morgan fingerprint density at radius 1 is 0.649 bits per heavy atom. The highest BCUT2D eigenvalue weighted by molar-refractivity contribution is 7.99. The number of allylic oxidation sites excluding steroid dienone is 1.